The van der Waals surface area contributed by atoms with Crippen molar-refractivity contribution in [2.75, 3.05) is 6.61 Å². The van der Waals surface area contributed by atoms with E-state index in [1.165, 1.54) is 38.5 Å². The van der Waals surface area contributed by atoms with E-state index in [2.05, 4.69) is 0 Å². The fourth-order valence-electron chi connectivity index (χ4n) is 4.32. The molecule has 4 fully saturated rings. The van der Waals surface area contributed by atoms with Gasteiger partial charge in [0, 0.05) is 5.92 Å². The highest BCUT2D eigenvalue weighted by atomic mass is 16.8. The first-order valence-corrected chi connectivity index (χ1v) is 7.27. The molecule has 0 aromatic heterocycles. The molecule has 5 unspecified atom stereocenters. The maximum Gasteiger partial charge on any atom is 0.338 e. The summed E-state index contributed by atoms with van der Waals surface area (Å²) in [5.41, 5.74) is 0. The van der Waals surface area contributed by atoms with E-state index in [-0.39, 0.29) is 18.4 Å². The van der Waals surface area contributed by atoms with Gasteiger partial charge in [0.05, 0.1) is 0 Å². The summed E-state index contributed by atoms with van der Waals surface area (Å²) in [6.45, 7) is 0.375. The molecule has 2 saturated heterocycles. The molecule has 2 aliphatic carbocycles. The van der Waals surface area contributed by atoms with Gasteiger partial charge in [0.15, 0.2) is 12.4 Å². The minimum Gasteiger partial charge on any atom is -0.461 e. The Kier molecular flexibility index (Phi) is 2.62. The van der Waals surface area contributed by atoms with Crippen molar-refractivity contribution in [1.82, 2.24) is 0 Å². The molecule has 4 nitrogen and oxygen atoms in total. The van der Waals surface area contributed by atoms with Gasteiger partial charge in [-0.1, -0.05) is 19.3 Å². The smallest absolute Gasteiger partial charge is 0.338 e. The van der Waals surface area contributed by atoms with Gasteiger partial charge in [-0.3, -0.25) is 0 Å². The minimum atomic E-state index is -0.447. The quantitative estimate of drug-likeness (QED) is 0.668. The van der Waals surface area contributed by atoms with Crippen LogP contribution in [0.15, 0.2) is 0 Å². The summed E-state index contributed by atoms with van der Waals surface area (Å²) in [7, 11) is 0. The summed E-state index contributed by atoms with van der Waals surface area (Å²) in [5.74, 6) is 1.98. The van der Waals surface area contributed by atoms with Gasteiger partial charge < -0.3 is 14.2 Å². The molecule has 2 aliphatic heterocycles. The van der Waals surface area contributed by atoms with E-state index in [0.717, 1.165) is 11.8 Å². The normalized spacial score (nSPS) is 51.0. The number of cyclic esters (lactones) is 1. The molecule has 0 radical (unpaired) electrons. The molecule has 100 valence electrons. The Morgan fingerprint density at radius 2 is 1.78 bits per heavy atom. The first kappa shape index (κ1) is 11.2. The predicted octanol–water partition coefficient (Wildman–Crippen LogP) is 1.87. The van der Waals surface area contributed by atoms with Crippen LogP contribution < -0.4 is 0 Å². The fourth-order valence-corrected chi connectivity index (χ4v) is 4.32. The van der Waals surface area contributed by atoms with Gasteiger partial charge in [-0.15, -0.1) is 0 Å². The number of esters is 1. The highest BCUT2D eigenvalue weighted by molar-refractivity contribution is 5.77. The molecule has 2 bridgehead atoms. The molecule has 0 aromatic rings. The first-order chi connectivity index (χ1) is 8.79. The zero-order chi connectivity index (χ0) is 12.1. The van der Waals surface area contributed by atoms with Crippen molar-refractivity contribution in [3.63, 3.8) is 0 Å². The Labute approximate surface area is 107 Å². The van der Waals surface area contributed by atoms with Gasteiger partial charge in [-0.05, 0) is 31.1 Å². The van der Waals surface area contributed by atoms with E-state index < -0.39 is 6.10 Å². The van der Waals surface area contributed by atoms with Gasteiger partial charge in [-0.2, -0.15) is 0 Å². The standard InChI is InChI=1S/C14H20O4/c15-13-12-11(7-16-13)17-14(18-12)10-5-8-2-1-3-9(4-8)6-10/h8-12,14H,1-7H2. The van der Waals surface area contributed by atoms with Crippen molar-refractivity contribution in [3.05, 3.63) is 0 Å². The topological polar surface area (TPSA) is 44.8 Å². The summed E-state index contributed by atoms with van der Waals surface area (Å²) in [6, 6.07) is 0. The average molecular weight is 252 g/mol. The Bertz CT molecular complexity index is 344. The van der Waals surface area contributed by atoms with Gasteiger partial charge >= 0.3 is 5.97 Å². The Morgan fingerprint density at radius 3 is 2.50 bits per heavy atom. The average Bonchev–Trinajstić information content (AvgIpc) is 2.92. The number of ether oxygens (including phenoxy) is 3. The molecule has 0 N–H and O–H groups in total. The summed E-state index contributed by atoms with van der Waals surface area (Å²) in [4.78, 5) is 11.5. The summed E-state index contributed by atoms with van der Waals surface area (Å²) < 4.78 is 16.6. The van der Waals surface area contributed by atoms with Gasteiger partial charge in [0.2, 0.25) is 0 Å². The molecule has 0 amide bonds. The third kappa shape index (κ3) is 1.77. The number of fused-ring (bicyclic) bond motifs is 3. The van der Waals surface area contributed by atoms with Crippen LogP contribution in [0.1, 0.15) is 38.5 Å². The number of hydrogen-bond donors (Lipinski definition) is 0. The van der Waals surface area contributed by atoms with E-state index in [0.29, 0.717) is 12.5 Å². The van der Waals surface area contributed by atoms with Gasteiger partial charge in [0.25, 0.3) is 0 Å². The summed E-state index contributed by atoms with van der Waals surface area (Å²) in [5, 5.41) is 0. The van der Waals surface area contributed by atoms with Crippen molar-refractivity contribution in [2.45, 2.75) is 57.0 Å². The van der Waals surface area contributed by atoms with E-state index in [1.807, 2.05) is 0 Å². The maximum absolute atomic E-state index is 11.5. The van der Waals surface area contributed by atoms with Crippen molar-refractivity contribution in [3.8, 4) is 0 Å². The Hall–Kier alpha value is -0.610. The second-order valence-corrected chi connectivity index (χ2v) is 6.36. The molecule has 0 spiro atoms. The maximum atomic E-state index is 11.5. The number of rotatable bonds is 1. The number of carbonyl (C=O) groups excluding carboxylic acids is 1. The molecule has 4 aliphatic rings. The fraction of sp³-hybridized carbons (Fsp3) is 0.929. The van der Waals surface area contributed by atoms with Crippen LogP contribution in [0.2, 0.25) is 0 Å². The predicted molar refractivity (Wildman–Crippen MR) is 62.7 cm³/mol. The zero-order valence-electron chi connectivity index (χ0n) is 10.5. The molecule has 4 rings (SSSR count). The first-order valence-electron chi connectivity index (χ1n) is 7.27. The highest BCUT2D eigenvalue weighted by Crippen LogP contribution is 2.46. The third-order valence-corrected chi connectivity index (χ3v) is 5.10. The SMILES string of the molecule is O=C1OCC2OC(C3CC4CCCC(C4)C3)OC12. The van der Waals surface area contributed by atoms with E-state index >= 15 is 0 Å². The molecule has 0 aromatic carbocycles. The molecule has 4 heteroatoms. The van der Waals surface area contributed by atoms with Crippen LogP contribution in [0.4, 0.5) is 0 Å². The molecule has 18 heavy (non-hydrogen) atoms. The number of carbonyl (C=O) groups is 1. The van der Waals surface area contributed by atoms with Crippen LogP contribution in [0.5, 0.6) is 0 Å². The van der Waals surface area contributed by atoms with E-state index in [1.54, 1.807) is 0 Å². The lowest BCUT2D eigenvalue weighted by atomic mass is 9.68. The Morgan fingerprint density at radius 1 is 1.00 bits per heavy atom. The van der Waals surface area contributed by atoms with Gasteiger partial charge in [0.1, 0.15) is 12.7 Å². The molecule has 2 saturated carbocycles. The van der Waals surface area contributed by atoms with Crippen molar-refractivity contribution >= 4 is 5.97 Å². The van der Waals surface area contributed by atoms with Crippen LogP contribution in [0, 0.1) is 17.8 Å². The van der Waals surface area contributed by atoms with Crippen molar-refractivity contribution in [2.24, 2.45) is 17.8 Å². The minimum absolute atomic E-state index is 0.149. The second kappa shape index (κ2) is 4.20. The van der Waals surface area contributed by atoms with Crippen LogP contribution in [0.3, 0.4) is 0 Å². The zero-order valence-corrected chi connectivity index (χ0v) is 10.5. The summed E-state index contributed by atoms with van der Waals surface area (Å²) >= 11 is 0. The van der Waals surface area contributed by atoms with Crippen LogP contribution in [0.25, 0.3) is 0 Å². The Balaban J connectivity index is 1.44. The van der Waals surface area contributed by atoms with Crippen LogP contribution >= 0.6 is 0 Å². The third-order valence-electron chi connectivity index (χ3n) is 5.10. The van der Waals surface area contributed by atoms with E-state index in [4.69, 9.17) is 14.2 Å². The largest absolute Gasteiger partial charge is 0.461 e. The van der Waals surface area contributed by atoms with Crippen molar-refractivity contribution < 1.29 is 19.0 Å². The van der Waals surface area contributed by atoms with Crippen molar-refractivity contribution in [1.29, 1.82) is 0 Å². The second-order valence-electron chi connectivity index (χ2n) is 6.36. The molecule has 2 heterocycles. The van der Waals surface area contributed by atoms with Crippen LogP contribution in [-0.2, 0) is 19.0 Å². The number of hydrogen-bond acceptors (Lipinski definition) is 4. The molecular formula is C14H20O4. The highest BCUT2D eigenvalue weighted by Gasteiger charge is 2.50. The molecule has 5 atom stereocenters. The van der Waals surface area contributed by atoms with Crippen LogP contribution in [-0.4, -0.2) is 31.1 Å². The lowest BCUT2D eigenvalue weighted by Crippen LogP contribution is -2.35. The monoisotopic (exact) mass is 252 g/mol. The lowest BCUT2D eigenvalue weighted by molar-refractivity contribution is -0.166. The van der Waals surface area contributed by atoms with Gasteiger partial charge in [-0.25, -0.2) is 4.79 Å². The summed E-state index contributed by atoms with van der Waals surface area (Å²) in [6.07, 6.45) is 7.22. The lowest BCUT2D eigenvalue weighted by Gasteiger charge is -2.40. The van der Waals surface area contributed by atoms with E-state index in [9.17, 15) is 4.79 Å². The molecular weight excluding hydrogens is 232 g/mol.